The second-order valence-corrected chi connectivity index (χ2v) is 7.09. The topological polar surface area (TPSA) is 23.5 Å². The highest BCUT2D eigenvalue weighted by molar-refractivity contribution is 6.30. The van der Waals surface area contributed by atoms with Crippen LogP contribution in [0.5, 0.6) is 0 Å². The van der Waals surface area contributed by atoms with Crippen molar-refractivity contribution < 1.29 is 5.11 Å². The summed E-state index contributed by atoms with van der Waals surface area (Å²) in [6.45, 7) is 2.20. The molecule has 0 saturated heterocycles. The Bertz CT molecular complexity index is 863. The molecule has 1 aliphatic rings. The number of benzene rings is 3. The van der Waals surface area contributed by atoms with Crippen LogP contribution in [0.2, 0.25) is 5.02 Å². The van der Waals surface area contributed by atoms with E-state index in [1.165, 1.54) is 11.1 Å². The number of aliphatic hydroxyl groups is 1. The van der Waals surface area contributed by atoms with Gasteiger partial charge in [-0.15, -0.1) is 0 Å². The molecule has 4 rings (SSSR count). The molecule has 1 N–H and O–H groups in total. The van der Waals surface area contributed by atoms with Crippen molar-refractivity contribution in [3.05, 3.63) is 106 Å². The van der Waals surface area contributed by atoms with Gasteiger partial charge in [-0.05, 0) is 34.4 Å². The Morgan fingerprint density at radius 1 is 0.880 bits per heavy atom. The van der Waals surface area contributed by atoms with E-state index in [1.54, 1.807) is 0 Å². The molecule has 0 radical (unpaired) electrons. The summed E-state index contributed by atoms with van der Waals surface area (Å²) in [6, 6.07) is 26.1. The molecular weight excluding hydrogens is 330 g/mol. The molecule has 3 aromatic carbocycles. The second kappa shape index (κ2) is 6.64. The van der Waals surface area contributed by atoms with Gasteiger partial charge in [0.15, 0.2) is 0 Å². The average Bonchev–Trinajstić information content (AvgIpc) is 2.63. The van der Waals surface area contributed by atoms with E-state index in [2.05, 4.69) is 35.2 Å². The Labute approximate surface area is 153 Å². The van der Waals surface area contributed by atoms with Gasteiger partial charge < -0.3 is 5.11 Å². The predicted octanol–water partition coefficient (Wildman–Crippen LogP) is 4.59. The molecule has 1 unspecified atom stereocenters. The van der Waals surface area contributed by atoms with Crippen LogP contribution in [0.15, 0.2) is 78.9 Å². The van der Waals surface area contributed by atoms with Crippen molar-refractivity contribution in [1.82, 2.24) is 4.90 Å². The van der Waals surface area contributed by atoms with Crippen molar-refractivity contribution in [1.29, 1.82) is 0 Å². The number of rotatable bonds is 3. The Morgan fingerprint density at radius 2 is 1.56 bits per heavy atom. The molecule has 0 fully saturated rings. The normalized spacial score (nSPS) is 20.2. The maximum atomic E-state index is 11.6. The molecule has 0 spiro atoms. The summed E-state index contributed by atoms with van der Waals surface area (Å²) in [7, 11) is 0. The molecule has 0 saturated carbocycles. The molecule has 3 heteroatoms. The molecule has 126 valence electrons. The maximum absolute atomic E-state index is 11.6. The first-order chi connectivity index (χ1) is 12.1. The van der Waals surface area contributed by atoms with Crippen molar-refractivity contribution >= 4 is 11.6 Å². The number of β-amino-alcohol motifs (C(OH)–C–C–N with tert-alkyl or cyclic N) is 1. The van der Waals surface area contributed by atoms with E-state index in [-0.39, 0.29) is 0 Å². The van der Waals surface area contributed by atoms with E-state index in [9.17, 15) is 5.11 Å². The summed E-state index contributed by atoms with van der Waals surface area (Å²) < 4.78 is 0. The minimum absolute atomic E-state index is 0.556. The fourth-order valence-corrected chi connectivity index (χ4v) is 3.82. The van der Waals surface area contributed by atoms with Gasteiger partial charge >= 0.3 is 0 Å². The molecular formula is C22H20ClNO. The molecule has 0 aliphatic carbocycles. The first-order valence-corrected chi connectivity index (χ1v) is 8.86. The highest BCUT2D eigenvalue weighted by Gasteiger charge is 2.39. The van der Waals surface area contributed by atoms with Crippen molar-refractivity contribution in [2.24, 2.45) is 0 Å². The fraction of sp³-hybridized carbons (Fsp3) is 0.182. The van der Waals surface area contributed by atoms with E-state index in [0.29, 0.717) is 11.6 Å². The van der Waals surface area contributed by atoms with Crippen molar-refractivity contribution in [2.75, 3.05) is 6.54 Å². The van der Waals surface area contributed by atoms with Crippen LogP contribution in [0, 0.1) is 0 Å². The van der Waals surface area contributed by atoms with Crippen molar-refractivity contribution in [3.8, 4) is 0 Å². The van der Waals surface area contributed by atoms with E-state index < -0.39 is 5.60 Å². The van der Waals surface area contributed by atoms with Gasteiger partial charge in [0, 0.05) is 24.7 Å². The summed E-state index contributed by atoms with van der Waals surface area (Å²) in [5.41, 5.74) is 3.25. The van der Waals surface area contributed by atoms with Crippen LogP contribution in [0.1, 0.15) is 22.3 Å². The van der Waals surface area contributed by atoms with Crippen LogP contribution in [0.4, 0.5) is 0 Å². The quantitative estimate of drug-likeness (QED) is 0.747. The zero-order chi connectivity index (χ0) is 17.3. The largest absolute Gasteiger partial charge is 0.379 e. The third-order valence-electron chi connectivity index (χ3n) is 4.88. The Hall–Kier alpha value is -2.13. The third-order valence-corrected chi connectivity index (χ3v) is 5.13. The van der Waals surface area contributed by atoms with Crippen molar-refractivity contribution in [3.63, 3.8) is 0 Å². The standard InChI is InChI=1S/C22H20ClNO/c23-20-12-10-19(11-13-20)22(25)16-24(14-17-6-2-1-3-7-17)15-18-8-4-5-9-21(18)22/h1-13,25H,14-16H2. The van der Waals surface area contributed by atoms with Gasteiger partial charge in [-0.2, -0.15) is 0 Å². The van der Waals surface area contributed by atoms with Crippen molar-refractivity contribution in [2.45, 2.75) is 18.7 Å². The lowest BCUT2D eigenvalue weighted by Gasteiger charge is -2.41. The fourth-order valence-electron chi connectivity index (χ4n) is 3.69. The number of hydrogen-bond acceptors (Lipinski definition) is 2. The number of hydrogen-bond donors (Lipinski definition) is 1. The molecule has 0 aromatic heterocycles. The first kappa shape index (κ1) is 16.3. The molecule has 1 heterocycles. The number of nitrogens with zero attached hydrogens (tertiary/aromatic N) is 1. The van der Waals surface area contributed by atoms with Gasteiger partial charge in [-0.25, -0.2) is 0 Å². The van der Waals surface area contributed by atoms with Crippen LogP contribution in [0.3, 0.4) is 0 Å². The van der Waals surface area contributed by atoms with E-state index in [0.717, 1.165) is 24.2 Å². The van der Waals surface area contributed by atoms with Crippen LogP contribution in [0.25, 0.3) is 0 Å². The number of fused-ring (bicyclic) bond motifs is 1. The maximum Gasteiger partial charge on any atom is 0.128 e. The second-order valence-electron chi connectivity index (χ2n) is 6.66. The highest BCUT2D eigenvalue weighted by Crippen LogP contribution is 2.38. The molecule has 25 heavy (non-hydrogen) atoms. The smallest absolute Gasteiger partial charge is 0.128 e. The van der Waals surface area contributed by atoms with E-state index in [4.69, 9.17) is 11.6 Å². The van der Waals surface area contributed by atoms with Gasteiger partial charge in [-0.1, -0.05) is 78.3 Å². The van der Waals surface area contributed by atoms with Gasteiger partial charge in [0.1, 0.15) is 5.60 Å². The minimum Gasteiger partial charge on any atom is -0.379 e. The Morgan fingerprint density at radius 3 is 2.32 bits per heavy atom. The third kappa shape index (κ3) is 3.21. The van der Waals surface area contributed by atoms with Gasteiger partial charge in [0.2, 0.25) is 0 Å². The summed E-state index contributed by atoms with van der Waals surface area (Å²) in [6.07, 6.45) is 0. The Balaban J connectivity index is 1.73. The monoisotopic (exact) mass is 349 g/mol. The summed E-state index contributed by atoms with van der Waals surface area (Å²) in [4.78, 5) is 2.30. The molecule has 1 atom stereocenters. The van der Waals surface area contributed by atoms with Gasteiger partial charge in [0.25, 0.3) is 0 Å². The first-order valence-electron chi connectivity index (χ1n) is 8.48. The van der Waals surface area contributed by atoms with E-state index >= 15 is 0 Å². The molecule has 2 nitrogen and oxygen atoms in total. The SMILES string of the molecule is OC1(c2ccc(Cl)cc2)CN(Cc2ccccc2)Cc2ccccc21. The van der Waals surface area contributed by atoms with Crippen LogP contribution >= 0.6 is 11.6 Å². The highest BCUT2D eigenvalue weighted by atomic mass is 35.5. The molecule has 0 amide bonds. The lowest BCUT2D eigenvalue weighted by molar-refractivity contribution is 0.0154. The van der Waals surface area contributed by atoms with Gasteiger partial charge in [0.05, 0.1) is 0 Å². The average molecular weight is 350 g/mol. The summed E-state index contributed by atoms with van der Waals surface area (Å²) in [5, 5.41) is 12.3. The summed E-state index contributed by atoms with van der Waals surface area (Å²) >= 11 is 6.04. The van der Waals surface area contributed by atoms with E-state index in [1.807, 2.05) is 48.5 Å². The van der Waals surface area contributed by atoms with Gasteiger partial charge in [-0.3, -0.25) is 4.90 Å². The molecule has 1 aliphatic heterocycles. The minimum atomic E-state index is -1.03. The number of halogens is 1. The zero-order valence-corrected chi connectivity index (χ0v) is 14.7. The molecule has 0 bridgehead atoms. The van der Waals surface area contributed by atoms with Crippen LogP contribution < -0.4 is 0 Å². The lowest BCUT2D eigenvalue weighted by atomic mass is 9.80. The molecule has 3 aromatic rings. The van der Waals surface area contributed by atoms with Crippen LogP contribution in [-0.4, -0.2) is 16.6 Å². The zero-order valence-electron chi connectivity index (χ0n) is 13.9. The summed E-state index contributed by atoms with van der Waals surface area (Å²) in [5.74, 6) is 0. The Kier molecular flexibility index (Phi) is 4.34. The predicted molar refractivity (Wildman–Crippen MR) is 101 cm³/mol. The lowest BCUT2D eigenvalue weighted by Crippen LogP contribution is -2.46. The van der Waals surface area contributed by atoms with Crippen LogP contribution in [-0.2, 0) is 18.7 Å².